The van der Waals surface area contributed by atoms with Gasteiger partial charge in [-0.15, -0.1) is 11.3 Å². The number of carboxylic acids is 1. The number of carbonyl (C=O) groups excluding carboxylic acids is 1. The van der Waals surface area contributed by atoms with Gasteiger partial charge in [0.25, 0.3) is 5.91 Å². The summed E-state index contributed by atoms with van der Waals surface area (Å²) in [6.45, 7) is 3.75. The van der Waals surface area contributed by atoms with Crippen LogP contribution < -0.4 is 0 Å². The Morgan fingerprint density at radius 1 is 1.32 bits per heavy atom. The number of thiazole rings is 1. The number of aryl methyl sites for hydroxylation is 1. The summed E-state index contributed by atoms with van der Waals surface area (Å²) in [5.41, 5.74) is 1.89. The molecule has 0 radical (unpaired) electrons. The predicted octanol–water partition coefficient (Wildman–Crippen LogP) is 3.37. The number of carbonyl (C=O) groups is 2. The number of aromatic nitrogens is 1. The van der Waals surface area contributed by atoms with Gasteiger partial charge in [0.2, 0.25) is 0 Å². The van der Waals surface area contributed by atoms with E-state index in [1.54, 1.807) is 11.8 Å². The molecule has 1 unspecified atom stereocenters. The van der Waals surface area contributed by atoms with Gasteiger partial charge in [0.05, 0.1) is 16.6 Å². The van der Waals surface area contributed by atoms with Gasteiger partial charge in [0.15, 0.2) is 0 Å². The lowest BCUT2D eigenvalue weighted by Crippen LogP contribution is -2.38. The number of nitrogens with zero attached hydrogens (tertiary/aromatic N) is 2. The highest BCUT2D eigenvalue weighted by Gasteiger charge is 2.36. The Kier molecular flexibility index (Phi) is 5.18. The Hall–Kier alpha value is -2.21. The number of aliphatic carboxylic acids is 1. The quantitative estimate of drug-likeness (QED) is 0.824. The van der Waals surface area contributed by atoms with Crippen LogP contribution in [-0.2, 0) is 11.2 Å². The molecule has 0 saturated heterocycles. The van der Waals surface area contributed by atoms with Gasteiger partial charge in [-0.05, 0) is 25.3 Å². The van der Waals surface area contributed by atoms with Crippen molar-refractivity contribution in [2.45, 2.75) is 39.2 Å². The van der Waals surface area contributed by atoms with Crippen molar-refractivity contribution in [1.29, 1.82) is 0 Å². The second-order valence-electron chi connectivity index (χ2n) is 6.61. The molecule has 1 heterocycles. The van der Waals surface area contributed by atoms with E-state index < -0.39 is 11.9 Å². The van der Waals surface area contributed by atoms with Crippen LogP contribution in [-0.4, -0.2) is 39.5 Å². The van der Waals surface area contributed by atoms with Crippen LogP contribution in [0.1, 0.15) is 45.7 Å². The van der Waals surface area contributed by atoms with Gasteiger partial charge in [-0.2, -0.15) is 0 Å². The number of rotatable bonds is 7. The SMILES string of the molecule is Cc1nc(Cc2ccccc2)sc1C(=O)N(CC(C)C(=O)O)C1CC1. The molecule has 2 aromatic rings. The average Bonchev–Trinajstić information content (AvgIpc) is 3.36. The molecule has 1 aromatic carbocycles. The molecule has 1 amide bonds. The van der Waals surface area contributed by atoms with Gasteiger partial charge in [0, 0.05) is 19.0 Å². The largest absolute Gasteiger partial charge is 0.481 e. The first-order valence-electron chi connectivity index (χ1n) is 8.49. The minimum absolute atomic E-state index is 0.0788. The molecule has 3 rings (SSSR count). The van der Waals surface area contributed by atoms with Crippen molar-refractivity contribution in [1.82, 2.24) is 9.88 Å². The summed E-state index contributed by atoms with van der Waals surface area (Å²) < 4.78 is 0. The van der Waals surface area contributed by atoms with Crippen LogP contribution in [0.15, 0.2) is 30.3 Å². The summed E-state index contributed by atoms with van der Waals surface area (Å²) in [6.07, 6.45) is 2.61. The Morgan fingerprint density at radius 3 is 2.60 bits per heavy atom. The van der Waals surface area contributed by atoms with Gasteiger partial charge in [-0.3, -0.25) is 9.59 Å². The van der Waals surface area contributed by atoms with Gasteiger partial charge in [-0.1, -0.05) is 37.3 Å². The highest BCUT2D eigenvalue weighted by molar-refractivity contribution is 7.13. The van der Waals surface area contributed by atoms with Crippen molar-refractivity contribution in [3.63, 3.8) is 0 Å². The van der Waals surface area contributed by atoms with Crippen molar-refractivity contribution in [3.05, 3.63) is 51.5 Å². The van der Waals surface area contributed by atoms with E-state index in [2.05, 4.69) is 4.98 Å². The van der Waals surface area contributed by atoms with Crippen LogP contribution in [0, 0.1) is 12.8 Å². The first-order valence-corrected chi connectivity index (χ1v) is 9.31. The zero-order valence-corrected chi connectivity index (χ0v) is 15.3. The molecule has 0 aliphatic heterocycles. The summed E-state index contributed by atoms with van der Waals surface area (Å²) in [5, 5.41) is 10.1. The van der Waals surface area contributed by atoms with E-state index in [1.165, 1.54) is 11.3 Å². The van der Waals surface area contributed by atoms with E-state index >= 15 is 0 Å². The number of hydrogen-bond donors (Lipinski definition) is 1. The molecule has 132 valence electrons. The van der Waals surface area contributed by atoms with Gasteiger partial charge < -0.3 is 10.0 Å². The zero-order chi connectivity index (χ0) is 18.0. The van der Waals surface area contributed by atoms with E-state index in [9.17, 15) is 9.59 Å². The van der Waals surface area contributed by atoms with Crippen molar-refractivity contribution in [3.8, 4) is 0 Å². The minimum Gasteiger partial charge on any atom is -0.481 e. The second-order valence-corrected chi connectivity index (χ2v) is 7.70. The standard InChI is InChI=1S/C19H22N2O3S/c1-12(19(23)24)11-21(15-8-9-15)18(22)17-13(2)20-16(25-17)10-14-6-4-3-5-7-14/h3-7,12,15H,8-11H2,1-2H3,(H,23,24). The van der Waals surface area contributed by atoms with Crippen molar-refractivity contribution < 1.29 is 14.7 Å². The van der Waals surface area contributed by atoms with E-state index in [1.807, 2.05) is 37.3 Å². The van der Waals surface area contributed by atoms with E-state index in [0.717, 1.165) is 29.1 Å². The van der Waals surface area contributed by atoms with E-state index in [0.29, 0.717) is 11.3 Å². The maximum absolute atomic E-state index is 13.0. The minimum atomic E-state index is -0.871. The molecule has 1 aromatic heterocycles. The molecule has 0 bridgehead atoms. The highest BCUT2D eigenvalue weighted by Crippen LogP contribution is 2.31. The fraction of sp³-hybridized carbons (Fsp3) is 0.421. The predicted molar refractivity (Wildman–Crippen MR) is 97.0 cm³/mol. The maximum Gasteiger partial charge on any atom is 0.308 e. The van der Waals surface area contributed by atoms with Crippen molar-refractivity contribution >= 4 is 23.2 Å². The molecular weight excluding hydrogens is 336 g/mol. The van der Waals surface area contributed by atoms with Gasteiger partial charge in [0.1, 0.15) is 4.88 Å². The number of benzene rings is 1. The van der Waals surface area contributed by atoms with Gasteiger partial charge >= 0.3 is 5.97 Å². The topological polar surface area (TPSA) is 70.5 Å². The van der Waals surface area contributed by atoms with Crippen LogP contribution in [0.3, 0.4) is 0 Å². The summed E-state index contributed by atoms with van der Waals surface area (Å²) in [7, 11) is 0. The summed E-state index contributed by atoms with van der Waals surface area (Å²) >= 11 is 1.42. The lowest BCUT2D eigenvalue weighted by atomic mass is 10.1. The number of hydrogen-bond acceptors (Lipinski definition) is 4. The molecule has 5 nitrogen and oxygen atoms in total. The Bertz CT molecular complexity index is 768. The average molecular weight is 358 g/mol. The molecule has 1 aliphatic rings. The van der Waals surface area contributed by atoms with Crippen LogP contribution in [0.2, 0.25) is 0 Å². The summed E-state index contributed by atoms with van der Waals surface area (Å²) in [6, 6.07) is 10.2. The second kappa shape index (κ2) is 7.35. The Labute approximate surface area is 151 Å². The molecule has 1 atom stereocenters. The maximum atomic E-state index is 13.0. The molecule has 1 fully saturated rings. The third-order valence-electron chi connectivity index (χ3n) is 4.37. The van der Waals surface area contributed by atoms with Crippen LogP contribution in [0.4, 0.5) is 0 Å². The highest BCUT2D eigenvalue weighted by atomic mass is 32.1. The molecule has 1 saturated carbocycles. The third kappa shape index (κ3) is 4.25. The normalized spacial score (nSPS) is 15.0. The zero-order valence-electron chi connectivity index (χ0n) is 14.4. The van der Waals surface area contributed by atoms with Crippen LogP contribution in [0.25, 0.3) is 0 Å². The molecule has 0 spiro atoms. The summed E-state index contributed by atoms with van der Waals surface area (Å²) in [5.74, 6) is -1.52. The Balaban J connectivity index is 1.77. The van der Waals surface area contributed by atoms with E-state index in [4.69, 9.17) is 5.11 Å². The lowest BCUT2D eigenvalue weighted by molar-refractivity contribution is -0.141. The molecule has 6 heteroatoms. The van der Waals surface area contributed by atoms with Crippen molar-refractivity contribution in [2.75, 3.05) is 6.54 Å². The lowest BCUT2D eigenvalue weighted by Gasteiger charge is -2.23. The number of amides is 1. The molecule has 1 N–H and O–H groups in total. The number of carboxylic acid groups (broad SMARTS) is 1. The van der Waals surface area contributed by atoms with Gasteiger partial charge in [-0.25, -0.2) is 4.98 Å². The molecular formula is C19H22N2O3S. The monoisotopic (exact) mass is 358 g/mol. The summed E-state index contributed by atoms with van der Waals surface area (Å²) in [4.78, 5) is 31.1. The molecule has 25 heavy (non-hydrogen) atoms. The smallest absolute Gasteiger partial charge is 0.308 e. The first kappa shape index (κ1) is 17.6. The third-order valence-corrected chi connectivity index (χ3v) is 5.52. The fourth-order valence-electron chi connectivity index (χ4n) is 2.78. The molecule has 1 aliphatic carbocycles. The Morgan fingerprint density at radius 2 is 2.00 bits per heavy atom. The van der Waals surface area contributed by atoms with Crippen molar-refractivity contribution in [2.24, 2.45) is 5.92 Å². The first-order chi connectivity index (χ1) is 12.0. The van der Waals surface area contributed by atoms with E-state index in [-0.39, 0.29) is 18.5 Å². The van der Waals surface area contributed by atoms with Crippen LogP contribution in [0.5, 0.6) is 0 Å². The fourth-order valence-corrected chi connectivity index (χ4v) is 3.84. The van der Waals surface area contributed by atoms with Crippen LogP contribution >= 0.6 is 11.3 Å².